The first-order valence-electron chi connectivity index (χ1n) is 22.6. The number of alkyl carbamates (subject to hydrolysis) is 2. The standard InChI is InChI=1S/C47H48N8O8.C4H10.C2H2/c1-6-27(2)55(45(57)43(53-47(59)61-5)29-15-11-8-12-16-29)24-39-49-22-35(51-39)31-18-33-26-62-36-19-30(17-32-25-63-37(20-31)41(33)40(32)36)34-21-48-38(50-34)23-54(3)44(56)42(52-46(58)60-4)28-13-9-7-10-14-28;1-4(2)3;1-2/h7-22,27,42-43H,6,23-26H2,1-5H3,(H,48,50)(H,49,51)(H,52,58)(H,53,59);4H,1-3H3;1-2H/t27-,42+,43+;;/m0../s1. The molecule has 4 amide bonds. The molecular formula is C53H60N8O8. The van der Waals surface area contributed by atoms with E-state index < -0.39 is 24.3 Å². The molecule has 360 valence electrons. The number of carbonyl (C=O) groups excluding carboxylic acids is 4. The number of amides is 4. The molecule has 16 nitrogen and oxygen atoms in total. The molecule has 2 aliphatic rings. The summed E-state index contributed by atoms with van der Waals surface area (Å²) >= 11 is 0. The number of terminal acetylenes is 1. The molecule has 0 saturated heterocycles. The number of hydrogen-bond donors (Lipinski definition) is 4. The van der Waals surface area contributed by atoms with E-state index in [4.69, 9.17) is 18.9 Å². The Kier molecular flexibility index (Phi) is 16.9. The van der Waals surface area contributed by atoms with Gasteiger partial charge >= 0.3 is 12.2 Å². The van der Waals surface area contributed by atoms with Crippen LogP contribution < -0.4 is 20.1 Å². The van der Waals surface area contributed by atoms with Gasteiger partial charge in [-0.3, -0.25) is 9.59 Å². The van der Waals surface area contributed by atoms with Gasteiger partial charge in [-0.1, -0.05) is 88.4 Å². The maximum absolute atomic E-state index is 14.1. The molecule has 4 N–H and O–H groups in total. The number of aromatic amines is 2. The lowest BCUT2D eigenvalue weighted by atomic mass is 9.87. The van der Waals surface area contributed by atoms with E-state index in [1.54, 1.807) is 60.7 Å². The predicted molar refractivity (Wildman–Crippen MR) is 262 cm³/mol. The van der Waals surface area contributed by atoms with Gasteiger partial charge in [0.2, 0.25) is 5.91 Å². The van der Waals surface area contributed by atoms with Crippen LogP contribution in [0.4, 0.5) is 9.59 Å². The molecule has 69 heavy (non-hydrogen) atoms. The van der Waals surface area contributed by atoms with Gasteiger partial charge in [-0.2, -0.15) is 0 Å². The number of nitrogens with one attached hydrogen (secondary N) is 4. The summed E-state index contributed by atoms with van der Waals surface area (Å²) in [5.41, 5.74) is 8.34. The van der Waals surface area contributed by atoms with Crippen LogP contribution in [0.15, 0.2) is 97.3 Å². The van der Waals surface area contributed by atoms with Crippen molar-refractivity contribution < 1.29 is 38.1 Å². The smallest absolute Gasteiger partial charge is 0.407 e. The largest absolute Gasteiger partial charge is 0.488 e. The highest BCUT2D eigenvalue weighted by atomic mass is 16.5. The highest BCUT2D eigenvalue weighted by Crippen LogP contribution is 2.50. The van der Waals surface area contributed by atoms with E-state index in [0.717, 1.165) is 62.2 Å². The lowest BCUT2D eigenvalue weighted by Crippen LogP contribution is -2.46. The molecule has 16 heteroatoms. The Morgan fingerprint density at radius 1 is 0.681 bits per heavy atom. The fourth-order valence-corrected chi connectivity index (χ4v) is 7.91. The maximum atomic E-state index is 14.1. The molecule has 0 aliphatic carbocycles. The SMILES string of the molecule is C#C.CC(C)C.CC[C@H](C)N(Cc1ncc(-c2cc3c4c(c2)OCc2cc(-c5cnc(CN(C)C(=O)[C@H](NC(=O)OC)c6ccccc6)[nH]5)cc(c2-4)OC3)[nH]1)C(=O)[C@H](NC(=O)OC)c1ccccc1. The quantitative estimate of drug-likeness (QED) is 0.0766. The third-order valence-corrected chi connectivity index (χ3v) is 11.4. The van der Waals surface area contributed by atoms with Crippen molar-refractivity contribution in [3.8, 4) is 58.0 Å². The summed E-state index contributed by atoms with van der Waals surface area (Å²) < 4.78 is 22.4. The Morgan fingerprint density at radius 2 is 1.10 bits per heavy atom. The third kappa shape index (κ3) is 11.9. The average Bonchev–Trinajstić information content (AvgIpc) is 4.06. The maximum Gasteiger partial charge on any atom is 0.407 e. The molecule has 0 radical (unpaired) electrons. The van der Waals surface area contributed by atoms with Crippen molar-refractivity contribution in [2.24, 2.45) is 5.92 Å². The van der Waals surface area contributed by atoms with Gasteiger partial charge in [-0.15, -0.1) is 12.8 Å². The molecule has 3 atom stereocenters. The molecule has 0 bridgehead atoms. The van der Waals surface area contributed by atoms with Crippen LogP contribution in [0.25, 0.3) is 33.6 Å². The number of methoxy groups -OCH3 is 2. The normalized spacial score (nSPS) is 12.9. The summed E-state index contributed by atoms with van der Waals surface area (Å²) in [6.07, 6.45) is 10.7. The summed E-state index contributed by atoms with van der Waals surface area (Å²) in [4.78, 5) is 71.4. The number of likely N-dealkylation sites (N-methyl/N-ethyl adjacent to an activating group) is 1. The first kappa shape index (κ1) is 50.4. The third-order valence-electron chi connectivity index (χ3n) is 11.4. The molecule has 0 fully saturated rings. The second-order valence-corrected chi connectivity index (χ2v) is 17.2. The van der Waals surface area contributed by atoms with Crippen LogP contribution in [0, 0.1) is 18.8 Å². The summed E-state index contributed by atoms with van der Waals surface area (Å²) in [6.45, 7) is 11.4. The second-order valence-electron chi connectivity index (χ2n) is 17.2. The molecule has 6 aromatic rings. The first-order chi connectivity index (χ1) is 33.3. The number of aromatic nitrogens is 4. The van der Waals surface area contributed by atoms with E-state index >= 15 is 0 Å². The van der Waals surface area contributed by atoms with Gasteiger partial charge in [-0.25, -0.2) is 19.6 Å². The minimum atomic E-state index is -0.948. The molecule has 0 spiro atoms. The number of benzene rings is 4. The van der Waals surface area contributed by atoms with Crippen LogP contribution in [0.5, 0.6) is 11.5 Å². The Bertz CT molecular complexity index is 2700. The van der Waals surface area contributed by atoms with Gasteiger partial charge in [0.1, 0.15) is 48.4 Å². The van der Waals surface area contributed by atoms with Gasteiger partial charge in [0, 0.05) is 46.5 Å². The summed E-state index contributed by atoms with van der Waals surface area (Å²) in [7, 11) is 4.17. The van der Waals surface area contributed by atoms with Crippen molar-refractivity contribution >= 4 is 24.0 Å². The van der Waals surface area contributed by atoms with Crippen molar-refractivity contribution in [1.82, 2.24) is 40.4 Å². The van der Waals surface area contributed by atoms with Crippen molar-refractivity contribution in [2.75, 3.05) is 21.3 Å². The zero-order chi connectivity index (χ0) is 49.8. The van der Waals surface area contributed by atoms with E-state index in [-0.39, 0.29) is 30.9 Å². The number of nitrogens with zero attached hydrogens (tertiary/aromatic N) is 4. The van der Waals surface area contributed by atoms with Crippen molar-refractivity contribution in [3.05, 3.63) is 131 Å². The van der Waals surface area contributed by atoms with Crippen LogP contribution in [-0.2, 0) is 45.4 Å². The number of rotatable bonds is 14. The predicted octanol–water partition coefficient (Wildman–Crippen LogP) is 9.11. The van der Waals surface area contributed by atoms with Gasteiger partial charge in [-0.05, 0) is 54.7 Å². The highest BCUT2D eigenvalue weighted by molar-refractivity contribution is 5.89. The minimum Gasteiger partial charge on any atom is -0.488 e. The van der Waals surface area contributed by atoms with Crippen LogP contribution in [0.2, 0.25) is 0 Å². The Labute approximate surface area is 403 Å². The lowest BCUT2D eigenvalue weighted by molar-refractivity contribution is -0.136. The number of hydrogen-bond acceptors (Lipinski definition) is 10. The number of imidazole rings is 2. The van der Waals surface area contributed by atoms with Gasteiger partial charge in [0.05, 0.1) is 51.1 Å². The molecule has 0 saturated carbocycles. The van der Waals surface area contributed by atoms with Crippen LogP contribution >= 0.6 is 0 Å². The summed E-state index contributed by atoms with van der Waals surface area (Å²) in [6, 6.07) is 24.1. The molecule has 0 unspecified atom stereocenters. The molecule has 2 aliphatic heterocycles. The zero-order valence-electron chi connectivity index (χ0n) is 40.3. The van der Waals surface area contributed by atoms with Crippen LogP contribution in [0.3, 0.4) is 0 Å². The number of ether oxygens (including phenoxy) is 4. The summed E-state index contributed by atoms with van der Waals surface area (Å²) in [5, 5.41) is 5.35. The topological polar surface area (TPSA) is 193 Å². The fourth-order valence-electron chi connectivity index (χ4n) is 7.91. The Morgan fingerprint density at radius 3 is 1.52 bits per heavy atom. The van der Waals surface area contributed by atoms with E-state index in [9.17, 15) is 19.2 Å². The zero-order valence-corrected chi connectivity index (χ0v) is 40.3. The second kappa shape index (κ2) is 23.1. The van der Waals surface area contributed by atoms with Crippen molar-refractivity contribution in [1.29, 1.82) is 0 Å². The summed E-state index contributed by atoms with van der Waals surface area (Å²) in [5.74, 6) is 2.82. The van der Waals surface area contributed by atoms with Gasteiger partial charge in [0.25, 0.3) is 5.91 Å². The molecular weight excluding hydrogens is 877 g/mol. The van der Waals surface area contributed by atoms with Gasteiger partial charge < -0.3 is 49.3 Å². The monoisotopic (exact) mass is 936 g/mol. The molecule has 4 heterocycles. The van der Waals surface area contributed by atoms with Crippen molar-refractivity contribution in [2.45, 2.75) is 85.5 Å². The van der Waals surface area contributed by atoms with E-state index in [1.165, 1.54) is 19.1 Å². The average molecular weight is 937 g/mol. The fraction of sp³-hybridized carbons (Fsp3) is 0.321. The molecule has 4 aromatic carbocycles. The van der Waals surface area contributed by atoms with E-state index in [1.807, 2.05) is 50.2 Å². The van der Waals surface area contributed by atoms with E-state index in [0.29, 0.717) is 42.4 Å². The van der Waals surface area contributed by atoms with E-state index in [2.05, 4.69) is 76.3 Å². The number of carbonyl (C=O) groups is 4. The van der Waals surface area contributed by atoms with Crippen LogP contribution in [-0.4, -0.2) is 81.0 Å². The van der Waals surface area contributed by atoms with Gasteiger partial charge in [0.15, 0.2) is 0 Å². The van der Waals surface area contributed by atoms with Crippen LogP contribution in [0.1, 0.15) is 87.0 Å². The minimum absolute atomic E-state index is 0.158. The Balaban J connectivity index is 0.00000124. The highest BCUT2D eigenvalue weighted by Gasteiger charge is 2.33. The Hall–Kier alpha value is -8.06. The van der Waals surface area contributed by atoms with Crippen molar-refractivity contribution in [3.63, 3.8) is 0 Å². The molecule has 8 rings (SSSR count). The lowest BCUT2D eigenvalue weighted by Gasteiger charge is -2.32. The number of H-pyrrole nitrogens is 2. The molecule has 2 aromatic heterocycles. The first-order valence-corrected chi connectivity index (χ1v) is 22.6.